The van der Waals surface area contributed by atoms with Crippen LogP contribution in [0.15, 0.2) is 29.2 Å². The normalized spacial score (nSPS) is 18.4. The van der Waals surface area contributed by atoms with E-state index in [1.54, 1.807) is 13.8 Å². The van der Waals surface area contributed by atoms with Crippen molar-refractivity contribution in [2.24, 2.45) is 5.92 Å². The van der Waals surface area contributed by atoms with Crippen molar-refractivity contribution >= 4 is 19.9 Å². The third-order valence-corrected chi connectivity index (χ3v) is 8.86. The molecule has 0 bridgehead atoms. The van der Waals surface area contributed by atoms with Gasteiger partial charge < -0.3 is 0 Å². The van der Waals surface area contributed by atoms with Crippen molar-refractivity contribution in [3.8, 4) is 0 Å². The van der Waals surface area contributed by atoms with Gasteiger partial charge in [0.2, 0.25) is 10.0 Å². The highest BCUT2D eigenvalue weighted by atomic mass is 32.2. The highest BCUT2D eigenvalue weighted by molar-refractivity contribution is 7.92. The molecule has 0 aromatic heterocycles. The molecule has 1 fully saturated rings. The molecule has 0 aliphatic carbocycles. The first kappa shape index (κ1) is 21.2. The topological polar surface area (TPSA) is 71.5 Å². The van der Waals surface area contributed by atoms with E-state index in [1.165, 1.54) is 6.07 Å². The molecule has 1 aromatic rings. The van der Waals surface area contributed by atoms with Crippen LogP contribution in [0, 0.1) is 5.92 Å². The first-order valence-electron chi connectivity index (χ1n) is 8.23. The molecule has 1 saturated heterocycles. The molecular weight excluding hydrogens is 391 g/mol. The molecule has 0 amide bonds. The van der Waals surface area contributed by atoms with E-state index < -0.39 is 41.7 Å². The molecule has 1 aromatic carbocycles. The van der Waals surface area contributed by atoms with Crippen molar-refractivity contribution in [3.05, 3.63) is 29.8 Å². The van der Waals surface area contributed by atoms with Crippen LogP contribution in [0.2, 0.25) is 0 Å². The zero-order valence-corrected chi connectivity index (χ0v) is 16.2. The van der Waals surface area contributed by atoms with Crippen LogP contribution in [0.3, 0.4) is 0 Å². The zero-order valence-electron chi connectivity index (χ0n) is 14.5. The van der Waals surface area contributed by atoms with Crippen LogP contribution in [0.1, 0.15) is 32.3 Å². The average Bonchev–Trinajstić information content (AvgIpc) is 2.53. The number of nitrogens with zero attached hydrogens (tertiary/aromatic N) is 1. The van der Waals surface area contributed by atoms with Crippen LogP contribution in [0.4, 0.5) is 13.2 Å². The van der Waals surface area contributed by atoms with Gasteiger partial charge in [-0.2, -0.15) is 17.5 Å². The van der Waals surface area contributed by atoms with Crippen molar-refractivity contribution < 1.29 is 30.0 Å². The first-order valence-corrected chi connectivity index (χ1v) is 11.4. The van der Waals surface area contributed by atoms with Gasteiger partial charge in [-0.3, -0.25) is 0 Å². The maximum Gasteiger partial charge on any atom is 0.417 e. The third kappa shape index (κ3) is 4.58. The van der Waals surface area contributed by atoms with E-state index in [0.29, 0.717) is 0 Å². The summed E-state index contributed by atoms with van der Waals surface area (Å²) >= 11 is 0. The summed E-state index contributed by atoms with van der Waals surface area (Å²) in [6, 6.07) is 4.03. The van der Waals surface area contributed by atoms with Crippen LogP contribution in [-0.4, -0.2) is 45.2 Å². The van der Waals surface area contributed by atoms with E-state index in [4.69, 9.17) is 0 Å². The lowest BCUT2D eigenvalue weighted by atomic mass is 10.2. The van der Waals surface area contributed by atoms with E-state index >= 15 is 0 Å². The molecule has 1 aliphatic rings. The van der Waals surface area contributed by atoms with Gasteiger partial charge in [0, 0.05) is 13.1 Å². The Bertz CT molecular complexity index is 840. The van der Waals surface area contributed by atoms with Crippen LogP contribution in [-0.2, 0) is 26.0 Å². The summed E-state index contributed by atoms with van der Waals surface area (Å²) in [6.45, 7) is 3.34. The molecule has 0 N–H and O–H groups in total. The van der Waals surface area contributed by atoms with Gasteiger partial charge in [-0.1, -0.05) is 26.0 Å². The number of hydrogen-bond donors (Lipinski definition) is 0. The second kappa shape index (κ2) is 7.47. The molecule has 0 spiro atoms. The van der Waals surface area contributed by atoms with Crippen molar-refractivity contribution in [3.63, 3.8) is 0 Å². The first-order chi connectivity index (χ1) is 11.9. The maximum absolute atomic E-state index is 13.1. The number of sulfonamides is 1. The second-order valence-electron chi connectivity index (χ2n) is 6.82. The Balaban J connectivity index is 2.22. The summed E-state index contributed by atoms with van der Waals surface area (Å²) in [5, 5.41) is -0.658. The molecule has 0 unspecified atom stereocenters. The van der Waals surface area contributed by atoms with Gasteiger partial charge >= 0.3 is 6.18 Å². The van der Waals surface area contributed by atoms with Crippen molar-refractivity contribution in [2.75, 3.05) is 18.8 Å². The molecule has 5 nitrogen and oxygen atoms in total. The fourth-order valence-corrected chi connectivity index (χ4v) is 6.91. The molecule has 10 heteroatoms. The molecule has 0 radical (unpaired) electrons. The van der Waals surface area contributed by atoms with Crippen molar-refractivity contribution in [1.29, 1.82) is 0 Å². The highest BCUT2D eigenvalue weighted by Gasteiger charge is 2.40. The SMILES string of the molecule is CC(C)CS(=O)(=O)C1CCN(S(=O)(=O)c2ccccc2C(F)(F)F)CC1. The molecule has 148 valence electrons. The summed E-state index contributed by atoms with van der Waals surface area (Å²) in [7, 11) is -7.70. The van der Waals surface area contributed by atoms with E-state index in [-0.39, 0.29) is 37.6 Å². The standard InChI is InChI=1S/C16H22F3NO4S2/c1-12(2)11-25(21,22)13-7-9-20(10-8-13)26(23,24)15-6-4-3-5-14(15)16(17,18)19/h3-6,12-13H,7-11H2,1-2H3. The fourth-order valence-electron chi connectivity index (χ4n) is 3.10. The molecule has 1 heterocycles. The predicted octanol–water partition coefficient (Wildman–Crippen LogP) is 2.93. The number of piperidine rings is 1. The predicted molar refractivity (Wildman–Crippen MR) is 91.8 cm³/mol. The smallest absolute Gasteiger partial charge is 0.229 e. The number of sulfone groups is 1. The van der Waals surface area contributed by atoms with E-state index in [1.807, 2.05) is 0 Å². The van der Waals surface area contributed by atoms with Gasteiger partial charge in [-0.25, -0.2) is 16.8 Å². The van der Waals surface area contributed by atoms with Gasteiger partial charge in [0.25, 0.3) is 0 Å². The number of benzene rings is 1. The lowest BCUT2D eigenvalue weighted by Crippen LogP contribution is -2.43. The van der Waals surface area contributed by atoms with E-state index in [9.17, 15) is 30.0 Å². The number of hydrogen-bond acceptors (Lipinski definition) is 4. The summed E-state index contributed by atoms with van der Waals surface area (Å²) in [4.78, 5) is -0.795. The summed E-state index contributed by atoms with van der Waals surface area (Å²) in [6.07, 6.45) is -4.62. The highest BCUT2D eigenvalue weighted by Crippen LogP contribution is 2.36. The maximum atomic E-state index is 13.1. The van der Waals surface area contributed by atoms with Crippen molar-refractivity contribution in [2.45, 2.75) is 43.0 Å². The Morgan fingerprint density at radius 2 is 1.62 bits per heavy atom. The minimum absolute atomic E-state index is 0.0152. The van der Waals surface area contributed by atoms with Crippen LogP contribution in [0.25, 0.3) is 0 Å². The van der Waals surface area contributed by atoms with Crippen LogP contribution in [0.5, 0.6) is 0 Å². The minimum Gasteiger partial charge on any atom is -0.229 e. The lowest BCUT2D eigenvalue weighted by Gasteiger charge is -2.31. The van der Waals surface area contributed by atoms with Gasteiger partial charge in [0.1, 0.15) is 0 Å². The molecule has 1 aliphatic heterocycles. The van der Waals surface area contributed by atoms with Crippen LogP contribution >= 0.6 is 0 Å². The van der Waals surface area contributed by atoms with Gasteiger partial charge in [0.05, 0.1) is 21.5 Å². The average molecular weight is 413 g/mol. The summed E-state index contributed by atoms with van der Waals surface area (Å²) in [5.74, 6) is -0.0261. The van der Waals surface area contributed by atoms with Gasteiger partial charge in [-0.05, 0) is 30.9 Å². The lowest BCUT2D eigenvalue weighted by molar-refractivity contribution is -0.139. The number of alkyl halides is 3. The number of halogens is 3. The molecule has 0 atom stereocenters. The Morgan fingerprint density at radius 3 is 2.12 bits per heavy atom. The molecule has 0 saturated carbocycles. The Kier molecular flexibility index (Phi) is 6.09. The second-order valence-corrected chi connectivity index (χ2v) is 11.1. The van der Waals surface area contributed by atoms with E-state index in [2.05, 4.69) is 0 Å². The van der Waals surface area contributed by atoms with Gasteiger partial charge in [-0.15, -0.1) is 0 Å². The summed E-state index contributed by atoms with van der Waals surface area (Å²) < 4.78 is 90.2. The zero-order chi connectivity index (χ0) is 19.8. The Hall–Kier alpha value is -1.13. The summed E-state index contributed by atoms with van der Waals surface area (Å²) in [5.41, 5.74) is -1.21. The Labute approximate surface area is 152 Å². The fraction of sp³-hybridized carbons (Fsp3) is 0.625. The van der Waals surface area contributed by atoms with E-state index in [0.717, 1.165) is 22.5 Å². The van der Waals surface area contributed by atoms with Crippen LogP contribution < -0.4 is 0 Å². The Morgan fingerprint density at radius 1 is 1.08 bits per heavy atom. The quantitative estimate of drug-likeness (QED) is 0.744. The number of rotatable bonds is 5. The van der Waals surface area contributed by atoms with Crippen molar-refractivity contribution in [1.82, 2.24) is 4.31 Å². The molecular formula is C16H22F3NO4S2. The minimum atomic E-state index is -4.79. The largest absolute Gasteiger partial charge is 0.417 e. The van der Waals surface area contributed by atoms with Gasteiger partial charge in [0.15, 0.2) is 9.84 Å². The third-order valence-electron chi connectivity index (χ3n) is 4.28. The molecule has 2 rings (SSSR count). The monoisotopic (exact) mass is 413 g/mol. The molecule has 26 heavy (non-hydrogen) atoms.